The fourth-order valence-corrected chi connectivity index (χ4v) is 5.02. The summed E-state index contributed by atoms with van der Waals surface area (Å²) in [4.78, 5) is 5.57. The Morgan fingerprint density at radius 3 is 2.64 bits per heavy atom. The molecule has 3 heterocycles. The van der Waals surface area contributed by atoms with E-state index in [1.807, 2.05) is 11.3 Å². The van der Waals surface area contributed by atoms with E-state index in [9.17, 15) is 0 Å². The van der Waals surface area contributed by atoms with Crippen LogP contribution in [0.4, 0.5) is 0 Å². The topological polar surface area (TPSA) is 15.3 Å². The molecule has 3 heteroatoms. The molecule has 2 aliphatic rings. The lowest BCUT2D eigenvalue weighted by atomic mass is 9.78. The second-order valence-corrected chi connectivity index (χ2v) is 8.01. The molecule has 0 radical (unpaired) electrons. The van der Waals surface area contributed by atoms with Crippen LogP contribution in [0, 0.1) is 5.41 Å². The number of nitrogens with zero attached hydrogens (tertiary/aromatic N) is 1. The Hall–Kier alpha value is -1.16. The molecular weight excluding hydrogens is 288 g/mol. The third-order valence-electron chi connectivity index (χ3n) is 5.28. The molecule has 2 nitrogen and oxygen atoms in total. The van der Waals surface area contributed by atoms with Gasteiger partial charge in [0.2, 0.25) is 0 Å². The summed E-state index contributed by atoms with van der Waals surface area (Å²) in [6.45, 7) is 6.13. The predicted octanol–water partition coefficient (Wildman–Crippen LogP) is 3.99. The lowest BCUT2D eigenvalue weighted by Crippen LogP contribution is -2.38. The van der Waals surface area contributed by atoms with Crippen LogP contribution >= 0.6 is 11.3 Å². The van der Waals surface area contributed by atoms with Crippen molar-refractivity contribution in [3.63, 3.8) is 0 Å². The van der Waals surface area contributed by atoms with Gasteiger partial charge >= 0.3 is 0 Å². The van der Waals surface area contributed by atoms with Crippen LogP contribution in [-0.2, 0) is 6.54 Å². The van der Waals surface area contributed by atoms with E-state index in [1.165, 1.54) is 60.8 Å². The Kier molecular flexibility index (Phi) is 4.03. The number of thiophene rings is 1. The summed E-state index contributed by atoms with van der Waals surface area (Å²) in [6, 6.07) is 15.3. The number of nitrogens with one attached hydrogen (secondary N) is 1. The van der Waals surface area contributed by atoms with Crippen LogP contribution in [0.3, 0.4) is 0 Å². The predicted molar refractivity (Wildman–Crippen MR) is 94.2 cm³/mol. The van der Waals surface area contributed by atoms with Crippen molar-refractivity contribution in [1.82, 2.24) is 10.2 Å². The van der Waals surface area contributed by atoms with Gasteiger partial charge in [-0.2, -0.15) is 0 Å². The first-order valence-corrected chi connectivity index (χ1v) is 9.22. The van der Waals surface area contributed by atoms with Crippen LogP contribution in [0.1, 0.15) is 24.1 Å². The molecule has 1 aromatic carbocycles. The van der Waals surface area contributed by atoms with E-state index in [-0.39, 0.29) is 0 Å². The van der Waals surface area contributed by atoms with Crippen LogP contribution in [0.25, 0.3) is 10.4 Å². The molecule has 22 heavy (non-hydrogen) atoms. The van der Waals surface area contributed by atoms with Crippen molar-refractivity contribution in [2.45, 2.75) is 25.8 Å². The first-order chi connectivity index (χ1) is 10.8. The smallest absolute Gasteiger partial charge is 0.0346 e. The number of rotatable bonds is 3. The summed E-state index contributed by atoms with van der Waals surface area (Å²) in [5.41, 5.74) is 1.96. The molecule has 1 aromatic heterocycles. The van der Waals surface area contributed by atoms with Crippen molar-refractivity contribution >= 4 is 11.3 Å². The van der Waals surface area contributed by atoms with E-state index in [4.69, 9.17) is 0 Å². The molecule has 2 saturated heterocycles. The second kappa shape index (κ2) is 6.15. The highest BCUT2D eigenvalue weighted by Gasteiger charge is 2.38. The fourth-order valence-electron chi connectivity index (χ4n) is 3.97. The van der Waals surface area contributed by atoms with Gasteiger partial charge in [0.25, 0.3) is 0 Å². The van der Waals surface area contributed by atoms with Crippen LogP contribution in [-0.4, -0.2) is 31.1 Å². The summed E-state index contributed by atoms with van der Waals surface area (Å²) in [5, 5.41) is 3.51. The van der Waals surface area contributed by atoms with E-state index in [0.717, 1.165) is 6.54 Å². The summed E-state index contributed by atoms with van der Waals surface area (Å²) in [5.74, 6) is 0. The number of benzene rings is 1. The van der Waals surface area contributed by atoms with Crippen LogP contribution in [0.2, 0.25) is 0 Å². The number of hydrogen-bond donors (Lipinski definition) is 1. The molecule has 0 bridgehead atoms. The Morgan fingerprint density at radius 1 is 1.00 bits per heavy atom. The van der Waals surface area contributed by atoms with E-state index in [2.05, 4.69) is 52.7 Å². The maximum atomic E-state index is 3.51. The molecule has 0 saturated carbocycles. The third kappa shape index (κ3) is 2.98. The van der Waals surface area contributed by atoms with Crippen LogP contribution < -0.4 is 5.32 Å². The molecule has 116 valence electrons. The van der Waals surface area contributed by atoms with Crippen molar-refractivity contribution in [2.75, 3.05) is 26.2 Å². The first-order valence-electron chi connectivity index (χ1n) is 8.40. The van der Waals surface area contributed by atoms with Gasteiger partial charge in [-0.1, -0.05) is 30.3 Å². The van der Waals surface area contributed by atoms with Crippen molar-refractivity contribution in [3.05, 3.63) is 47.3 Å². The van der Waals surface area contributed by atoms with Gasteiger partial charge in [-0.3, -0.25) is 4.90 Å². The molecular formula is C19H24N2S. The quantitative estimate of drug-likeness (QED) is 0.922. The summed E-state index contributed by atoms with van der Waals surface area (Å²) in [6.07, 6.45) is 4.12. The van der Waals surface area contributed by atoms with Gasteiger partial charge in [0.1, 0.15) is 0 Å². The zero-order valence-electron chi connectivity index (χ0n) is 13.1. The maximum absolute atomic E-state index is 3.51. The lowest BCUT2D eigenvalue weighted by molar-refractivity contribution is 0.194. The number of hydrogen-bond acceptors (Lipinski definition) is 3. The van der Waals surface area contributed by atoms with Gasteiger partial charge in [0.05, 0.1) is 0 Å². The highest BCUT2D eigenvalue weighted by molar-refractivity contribution is 7.15. The van der Waals surface area contributed by atoms with E-state index < -0.39 is 0 Å². The van der Waals surface area contributed by atoms with Gasteiger partial charge in [-0.05, 0) is 62.0 Å². The van der Waals surface area contributed by atoms with Crippen LogP contribution in [0.5, 0.6) is 0 Å². The third-order valence-corrected chi connectivity index (χ3v) is 6.40. The average Bonchev–Trinajstić information content (AvgIpc) is 3.17. The zero-order valence-corrected chi connectivity index (χ0v) is 13.9. The highest BCUT2D eigenvalue weighted by atomic mass is 32.1. The van der Waals surface area contributed by atoms with Crippen molar-refractivity contribution in [1.29, 1.82) is 0 Å². The minimum absolute atomic E-state index is 0.616. The molecule has 1 spiro atoms. The minimum atomic E-state index is 0.616. The van der Waals surface area contributed by atoms with Gasteiger partial charge in [0, 0.05) is 22.8 Å². The monoisotopic (exact) mass is 312 g/mol. The molecule has 2 fully saturated rings. The Bertz CT molecular complexity index is 613. The lowest BCUT2D eigenvalue weighted by Gasteiger charge is -2.33. The van der Waals surface area contributed by atoms with Gasteiger partial charge in [-0.25, -0.2) is 0 Å². The summed E-state index contributed by atoms with van der Waals surface area (Å²) >= 11 is 1.95. The molecule has 2 aromatic rings. The first kappa shape index (κ1) is 14.4. The summed E-state index contributed by atoms with van der Waals surface area (Å²) < 4.78 is 0. The van der Waals surface area contributed by atoms with E-state index in [0.29, 0.717) is 5.41 Å². The van der Waals surface area contributed by atoms with E-state index in [1.54, 1.807) is 0 Å². The Balaban J connectivity index is 1.41. The maximum Gasteiger partial charge on any atom is 0.0346 e. The molecule has 0 amide bonds. The zero-order chi connectivity index (χ0) is 14.8. The van der Waals surface area contributed by atoms with Gasteiger partial charge in [-0.15, -0.1) is 11.3 Å². The molecule has 4 rings (SSSR count). The highest BCUT2D eigenvalue weighted by Crippen LogP contribution is 2.39. The molecule has 0 unspecified atom stereocenters. The Morgan fingerprint density at radius 2 is 1.82 bits per heavy atom. The standard InChI is InChI=1S/C19H24N2S/c1-2-4-16(5-3-1)18-7-6-17(22-18)14-21-13-10-19(15-21)8-11-20-12-9-19/h1-7,20H,8-15H2. The van der Waals surface area contributed by atoms with E-state index >= 15 is 0 Å². The van der Waals surface area contributed by atoms with Gasteiger partial charge < -0.3 is 5.32 Å². The molecule has 1 N–H and O–H groups in total. The fraction of sp³-hybridized carbons (Fsp3) is 0.474. The number of likely N-dealkylation sites (tertiary alicyclic amines) is 1. The normalized spacial score (nSPS) is 21.5. The summed E-state index contributed by atoms with van der Waals surface area (Å²) in [7, 11) is 0. The van der Waals surface area contributed by atoms with Crippen LogP contribution in [0.15, 0.2) is 42.5 Å². The van der Waals surface area contributed by atoms with Crippen molar-refractivity contribution in [3.8, 4) is 10.4 Å². The largest absolute Gasteiger partial charge is 0.317 e. The van der Waals surface area contributed by atoms with Gasteiger partial charge in [0.15, 0.2) is 0 Å². The molecule has 0 aliphatic carbocycles. The average molecular weight is 312 g/mol. The Labute approximate surface area is 137 Å². The van der Waals surface area contributed by atoms with Crippen molar-refractivity contribution in [2.24, 2.45) is 5.41 Å². The van der Waals surface area contributed by atoms with Crippen molar-refractivity contribution < 1.29 is 0 Å². The molecule has 0 atom stereocenters. The second-order valence-electron chi connectivity index (χ2n) is 6.84. The molecule has 2 aliphatic heterocycles. The SMILES string of the molecule is c1ccc(-c2ccc(CN3CCC4(CCNCC4)C3)s2)cc1. The number of piperidine rings is 1. The minimum Gasteiger partial charge on any atom is -0.317 e.